The lowest BCUT2D eigenvalue weighted by molar-refractivity contribution is -0.115. The van der Waals surface area contributed by atoms with E-state index in [-0.39, 0.29) is 23.3 Å². The molecule has 0 fully saturated rings. The molecule has 152 valence electrons. The number of ether oxygens (including phenoxy) is 2. The van der Waals surface area contributed by atoms with Gasteiger partial charge in [0.1, 0.15) is 19.0 Å². The fraction of sp³-hybridized carbons (Fsp3) is 0.524. The van der Waals surface area contributed by atoms with Crippen molar-refractivity contribution in [2.45, 2.75) is 58.9 Å². The normalized spacial score (nSPS) is 14.1. The van der Waals surface area contributed by atoms with Crippen LogP contribution in [0.2, 0.25) is 5.02 Å². The lowest BCUT2D eigenvalue weighted by atomic mass is 9.92. The SMILES string of the molecule is CC(C)(C)c1cc(NC(=O)Cc2cc(Cl)c3c(c2)OCCO3)n(C(C)(C)C)n1. The van der Waals surface area contributed by atoms with Crippen LogP contribution < -0.4 is 14.8 Å². The third kappa shape index (κ3) is 4.43. The first-order valence-electron chi connectivity index (χ1n) is 9.44. The number of aromatic nitrogens is 2. The monoisotopic (exact) mass is 405 g/mol. The number of rotatable bonds is 3. The molecular formula is C21H28ClN3O3. The summed E-state index contributed by atoms with van der Waals surface area (Å²) in [5.41, 5.74) is 1.33. The van der Waals surface area contributed by atoms with Crippen molar-refractivity contribution in [2.75, 3.05) is 18.5 Å². The molecule has 28 heavy (non-hydrogen) atoms. The van der Waals surface area contributed by atoms with Crippen LogP contribution in [0.4, 0.5) is 5.82 Å². The lowest BCUT2D eigenvalue weighted by Gasteiger charge is -2.23. The molecule has 2 heterocycles. The zero-order chi connectivity index (χ0) is 20.7. The van der Waals surface area contributed by atoms with E-state index in [9.17, 15) is 4.79 Å². The topological polar surface area (TPSA) is 65.4 Å². The summed E-state index contributed by atoms with van der Waals surface area (Å²) >= 11 is 6.28. The molecule has 0 unspecified atom stereocenters. The minimum Gasteiger partial charge on any atom is -0.486 e. The maximum Gasteiger partial charge on any atom is 0.229 e. The summed E-state index contributed by atoms with van der Waals surface area (Å²) in [6.07, 6.45) is 0.177. The Labute approximate surface area is 171 Å². The van der Waals surface area contributed by atoms with Gasteiger partial charge in [0, 0.05) is 11.5 Å². The van der Waals surface area contributed by atoms with E-state index in [1.807, 2.05) is 16.8 Å². The maximum absolute atomic E-state index is 12.7. The maximum atomic E-state index is 12.7. The Morgan fingerprint density at radius 2 is 1.82 bits per heavy atom. The highest BCUT2D eigenvalue weighted by molar-refractivity contribution is 6.32. The van der Waals surface area contributed by atoms with Gasteiger partial charge < -0.3 is 14.8 Å². The Morgan fingerprint density at radius 1 is 1.14 bits per heavy atom. The molecule has 3 rings (SSSR count). The molecular weight excluding hydrogens is 378 g/mol. The molecule has 7 heteroatoms. The molecule has 0 radical (unpaired) electrons. The first-order chi connectivity index (χ1) is 12.9. The number of hydrogen-bond acceptors (Lipinski definition) is 4. The van der Waals surface area contributed by atoms with Crippen molar-refractivity contribution >= 4 is 23.3 Å². The summed E-state index contributed by atoms with van der Waals surface area (Å²) < 4.78 is 13.0. The van der Waals surface area contributed by atoms with E-state index in [1.165, 1.54) is 0 Å². The number of carbonyl (C=O) groups excluding carboxylic acids is 1. The summed E-state index contributed by atoms with van der Waals surface area (Å²) in [4.78, 5) is 12.7. The first-order valence-corrected chi connectivity index (χ1v) is 9.82. The number of anilines is 1. The largest absolute Gasteiger partial charge is 0.486 e. The van der Waals surface area contributed by atoms with Crippen molar-refractivity contribution in [3.05, 3.63) is 34.5 Å². The minimum atomic E-state index is -0.258. The van der Waals surface area contributed by atoms with Gasteiger partial charge >= 0.3 is 0 Å². The highest BCUT2D eigenvalue weighted by Gasteiger charge is 2.26. The van der Waals surface area contributed by atoms with Crippen LogP contribution in [-0.4, -0.2) is 28.9 Å². The number of halogens is 1. The zero-order valence-electron chi connectivity index (χ0n) is 17.4. The van der Waals surface area contributed by atoms with E-state index in [1.54, 1.807) is 6.07 Å². The number of fused-ring (bicyclic) bond motifs is 1. The van der Waals surface area contributed by atoms with Gasteiger partial charge in [0.2, 0.25) is 5.91 Å². The van der Waals surface area contributed by atoms with Crippen LogP contribution in [0.3, 0.4) is 0 Å². The Morgan fingerprint density at radius 3 is 2.46 bits per heavy atom. The zero-order valence-corrected chi connectivity index (χ0v) is 18.1. The summed E-state index contributed by atoms with van der Waals surface area (Å²) in [7, 11) is 0. The highest BCUT2D eigenvalue weighted by atomic mass is 35.5. The Balaban J connectivity index is 1.82. The first kappa shape index (κ1) is 20.5. The van der Waals surface area contributed by atoms with Crippen molar-refractivity contribution < 1.29 is 14.3 Å². The van der Waals surface area contributed by atoms with E-state index in [2.05, 4.69) is 46.9 Å². The predicted molar refractivity (Wildman–Crippen MR) is 111 cm³/mol. The van der Waals surface area contributed by atoms with Crippen LogP contribution in [-0.2, 0) is 22.2 Å². The quantitative estimate of drug-likeness (QED) is 0.814. The molecule has 2 aromatic rings. The van der Waals surface area contributed by atoms with Gasteiger partial charge in [-0.1, -0.05) is 32.4 Å². The number of nitrogens with zero attached hydrogens (tertiary/aromatic N) is 2. The predicted octanol–water partition coefficient (Wildman–Crippen LogP) is 4.54. The molecule has 1 aromatic carbocycles. The second-order valence-electron chi connectivity index (χ2n) is 9.07. The van der Waals surface area contributed by atoms with E-state index in [0.29, 0.717) is 35.6 Å². The number of carbonyl (C=O) groups is 1. The van der Waals surface area contributed by atoms with Crippen molar-refractivity contribution in [1.82, 2.24) is 9.78 Å². The van der Waals surface area contributed by atoms with Crippen LogP contribution in [0.5, 0.6) is 11.5 Å². The molecule has 1 aromatic heterocycles. The Hall–Kier alpha value is -2.21. The van der Waals surface area contributed by atoms with E-state index in [4.69, 9.17) is 26.2 Å². The van der Waals surface area contributed by atoms with Gasteiger partial charge in [-0.25, -0.2) is 4.68 Å². The molecule has 6 nitrogen and oxygen atoms in total. The highest BCUT2D eigenvalue weighted by Crippen LogP contribution is 2.38. The van der Waals surface area contributed by atoms with Crippen molar-refractivity contribution in [2.24, 2.45) is 0 Å². The third-order valence-corrected chi connectivity index (χ3v) is 4.68. The molecule has 0 aliphatic carbocycles. The van der Waals surface area contributed by atoms with Gasteiger partial charge in [0.15, 0.2) is 11.5 Å². The number of benzene rings is 1. The molecule has 0 spiro atoms. The molecule has 0 saturated carbocycles. The average Bonchev–Trinajstić information content (AvgIpc) is 2.99. The minimum absolute atomic E-state index is 0.112. The smallest absolute Gasteiger partial charge is 0.229 e. The second-order valence-corrected chi connectivity index (χ2v) is 9.48. The van der Waals surface area contributed by atoms with Gasteiger partial charge in [0.05, 0.1) is 22.7 Å². The van der Waals surface area contributed by atoms with Gasteiger partial charge in [-0.3, -0.25) is 4.79 Å². The summed E-state index contributed by atoms with van der Waals surface area (Å²) in [5, 5.41) is 8.19. The number of nitrogens with one attached hydrogen (secondary N) is 1. The molecule has 1 aliphatic rings. The van der Waals surface area contributed by atoms with Gasteiger partial charge in [-0.05, 0) is 38.5 Å². The van der Waals surface area contributed by atoms with Crippen LogP contribution >= 0.6 is 11.6 Å². The molecule has 1 aliphatic heterocycles. The van der Waals surface area contributed by atoms with E-state index in [0.717, 1.165) is 11.3 Å². The number of hydrogen-bond donors (Lipinski definition) is 1. The summed E-state index contributed by atoms with van der Waals surface area (Å²) in [6, 6.07) is 5.50. The molecule has 0 atom stereocenters. The van der Waals surface area contributed by atoms with Crippen molar-refractivity contribution in [3.63, 3.8) is 0 Å². The number of amides is 1. The van der Waals surface area contributed by atoms with Crippen LogP contribution in [0, 0.1) is 0 Å². The van der Waals surface area contributed by atoms with Crippen molar-refractivity contribution in [1.29, 1.82) is 0 Å². The van der Waals surface area contributed by atoms with Gasteiger partial charge in [0.25, 0.3) is 0 Å². The average molecular weight is 406 g/mol. The molecule has 0 saturated heterocycles. The lowest BCUT2D eigenvalue weighted by Crippen LogP contribution is -2.27. The summed E-state index contributed by atoms with van der Waals surface area (Å²) in [5.74, 6) is 1.67. The van der Waals surface area contributed by atoms with Gasteiger partial charge in [-0.2, -0.15) is 5.10 Å². The van der Waals surface area contributed by atoms with Gasteiger partial charge in [-0.15, -0.1) is 0 Å². The van der Waals surface area contributed by atoms with E-state index < -0.39 is 0 Å². The van der Waals surface area contributed by atoms with E-state index >= 15 is 0 Å². The fourth-order valence-electron chi connectivity index (χ4n) is 2.99. The van der Waals surface area contributed by atoms with Crippen molar-refractivity contribution in [3.8, 4) is 11.5 Å². The Bertz CT molecular complexity index is 892. The molecule has 1 N–H and O–H groups in total. The summed E-state index contributed by atoms with van der Waals surface area (Å²) in [6.45, 7) is 13.4. The van der Waals surface area contributed by atoms with Crippen LogP contribution in [0.15, 0.2) is 18.2 Å². The second kappa shape index (κ2) is 7.32. The van der Waals surface area contributed by atoms with Crippen LogP contribution in [0.1, 0.15) is 52.8 Å². The van der Waals surface area contributed by atoms with Crippen LogP contribution in [0.25, 0.3) is 0 Å². The Kier molecular flexibility index (Phi) is 5.36. The standard InChI is InChI=1S/C21H28ClN3O3/c1-20(2,3)16-12-17(25(24-16)21(4,5)6)23-18(26)11-13-9-14(22)19-15(10-13)27-7-8-28-19/h9-10,12H,7-8,11H2,1-6H3,(H,23,26). The molecule has 1 amide bonds. The molecule has 0 bridgehead atoms. The third-order valence-electron chi connectivity index (χ3n) is 4.40. The fourth-order valence-corrected chi connectivity index (χ4v) is 3.27.